The standard InChI is InChI=1S/C11H14F3NO2/c1-2-17-10(16)9-5-3-7-15(9)8-4-6-11(12,13)14/h3,5,7H,2,4,6,8H2,1H3. The van der Waals surface area contributed by atoms with Gasteiger partial charge in [0, 0.05) is 19.2 Å². The van der Waals surface area contributed by atoms with Crippen molar-refractivity contribution in [3.8, 4) is 0 Å². The van der Waals surface area contributed by atoms with Crippen LogP contribution in [0.3, 0.4) is 0 Å². The van der Waals surface area contributed by atoms with Gasteiger partial charge in [0.25, 0.3) is 0 Å². The van der Waals surface area contributed by atoms with Gasteiger partial charge in [0.2, 0.25) is 0 Å². The van der Waals surface area contributed by atoms with Crippen LogP contribution in [-0.2, 0) is 11.3 Å². The van der Waals surface area contributed by atoms with Gasteiger partial charge in [0.15, 0.2) is 0 Å². The van der Waals surface area contributed by atoms with E-state index < -0.39 is 18.6 Å². The van der Waals surface area contributed by atoms with Gasteiger partial charge in [0.05, 0.1) is 6.61 Å². The van der Waals surface area contributed by atoms with E-state index in [0.29, 0.717) is 0 Å². The maximum atomic E-state index is 12.0. The third-order valence-corrected chi connectivity index (χ3v) is 2.17. The molecule has 0 saturated heterocycles. The minimum Gasteiger partial charge on any atom is -0.461 e. The molecule has 0 aliphatic rings. The Bertz CT molecular complexity index is 371. The molecular formula is C11H14F3NO2. The monoisotopic (exact) mass is 249 g/mol. The van der Waals surface area contributed by atoms with Gasteiger partial charge in [-0.3, -0.25) is 0 Å². The van der Waals surface area contributed by atoms with Crippen LogP contribution in [0.5, 0.6) is 0 Å². The van der Waals surface area contributed by atoms with Gasteiger partial charge in [-0.25, -0.2) is 4.79 Å². The quantitative estimate of drug-likeness (QED) is 0.751. The molecule has 0 fully saturated rings. The lowest BCUT2D eigenvalue weighted by molar-refractivity contribution is -0.135. The Morgan fingerprint density at radius 1 is 1.47 bits per heavy atom. The lowest BCUT2D eigenvalue weighted by atomic mass is 10.3. The summed E-state index contributed by atoms with van der Waals surface area (Å²) in [6.07, 6.45) is -3.49. The minimum absolute atomic E-state index is 0.0510. The van der Waals surface area contributed by atoms with E-state index in [0.717, 1.165) is 0 Å². The van der Waals surface area contributed by atoms with Crippen molar-refractivity contribution in [2.24, 2.45) is 0 Å². The van der Waals surface area contributed by atoms with Crippen LogP contribution in [0.2, 0.25) is 0 Å². The molecule has 6 heteroatoms. The highest BCUT2D eigenvalue weighted by Gasteiger charge is 2.26. The Morgan fingerprint density at radius 2 is 2.18 bits per heavy atom. The summed E-state index contributed by atoms with van der Waals surface area (Å²) in [5, 5.41) is 0. The Balaban J connectivity index is 2.54. The summed E-state index contributed by atoms with van der Waals surface area (Å²) in [7, 11) is 0. The summed E-state index contributed by atoms with van der Waals surface area (Å²) < 4.78 is 42.2. The lowest BCUT2D eigenvalue weighted by Crippen LogP contribution is -2.14. The minimum atomic E-state index is -4.16. The van der Waals surface area contributed by atoms with Crippen LogP contribution >= 0.6 is 0 Å². The number of hydrogen-bond acceptors (Lipinski definition) is 2. The van der Waals surface area contributed by atoms with Crippen LogP contribution in [0.25, 0.3) is 0 Å². The fourth-order valence-corrected chi connectivity index (χ4v) is 1.45. The van der Waals surface area contributed by atoms with Crippen LogP contribution < -0.4 is 0 Å². The number of esters is 1. The first kappa shape index (κ1) is 13.6. The molecule has 0 N–H and O–H groups in total. The van der Waals surface area contributed by atoms with Crippen molar-refractivity contribution in [2.75, 3.05) is 6.61 Å². The Morgan fingerprint density at radius 3 is 2.76 bits per heavy atom. The number of aromatic nitrogens is 1. The van der Waals surface area contributed by atoms with E-state index in [2.05, 4.69) is 0 Å². The second-order valence-electron chi connectivity index (χ2n) is 3.53. The third-order valence-electron chi connectivity index (χ3n) is 2.17. The number of ether oxygens (including phenoxy) is 1. The van der Waals surface area contributed by atoms with Crippen molar-refractivity contribution in [1.82, 2.24) is 4.57 Å². The van der Waals surface area contributed by atoms with Gasteiger partial charge in [0.1, 0.15) is 5.69 Å². The van der Waals surface area contributed by atoms with Crippen molar-refractivity contribution in [2.45, 2.75) is 32.5 Å². The highest BCUT2D eigenvalue weighted by molar-refractivity contribution is 5.87. The summed E-state index contributed by atoms with van der Waals surface area (Å²) in [5.41, 5.74) is 0.286. The van der Waals surface area contributed by atoms with E-state index in [1.807, 2.05) is 0 Å². The molecule has 1 aromatic rings. The molecule has 96 valence electrons. The van der Waals surface area contributed by atoms with Crippen LogP contribution in [-0.4, -0.2) is 23.3 Å². The summed E-state index contributed by atoms with van der Waals surface area (Å²) in [5.74, 6) is -0.510. The van der Waals surface area contributed by atoms with E-state index >= 15 is 0 Å². The number of hydrogen-bond donors (Lipinski definition) is 0. The predicted octanol–water partition coefficient (Wildman–Crippen LogP) is 3.01. The number of carbonyl (C=O) groups excluding carboxylic acids is 1. The molecule has 0 aliphatic heterocycles. The van der Waals surface area contributed by atoms with Crippen LogP contribution in [0.1, 0.15) is 30.3 Å². The molecule has 1 rings (SSSR count). The molecule has 0 aliphatic carbocycles. The molecule has 0 radical (unpaired) electrons. The maximum absolute atomic E-state index is 12.0. The van der Waals surface area contributed by atoms with Gasteiger partial charge in [-0.15, -0.1) is 0 Å². The largest absolute Gasteiger partial charge is 0.461 e. The second-order valence-corrected chi connectivity index (χ2v) is 3.53. The van der Waals surface area contributed by atoms with E-state index in [9.17, 15) is 18.0 Å². The average Bonchev–Trinajstić information content (AvgIpc) is 2.64. The molecule has 1 heterocycles. The molecule has 0 aromatic carbocycles. The van der Waals surface area contributed by atoms with E-state index in [-0.39, 0.29) is 25.3 Å². The molecule has 0 amide bonds. The van der Waals surface area contributed by atoms with Gasteiger partial charge in [-0.1, -0.05) is 0 Å². The Hall–Kier alpha value is -1.46. The van der Waals surface area contributed by atoms with Crippen LogP contribution in [0, 0.1) is 0 Å². The normalized spacial score (nSPS) is 11.5. The SMILES string of the molecule is CCOC(=O)c1cccn1CCCC(F)(F)F. The van der Waals surface area contributed by atoms with E-state index in [1.54, 1.807) is 19.2 Å². The molecule has 0 saturated carbocycles. The van der Waals surface area contributed by atoms with Crippen LogP contribution in [0.15, 0.2) is 18.3 Å². The fraction of sp³-hybridized carbons (Fsp3) is 0.545. The van der Waals surface area contributed by atoms with Gasteiger partial charge >= 0.3 is 12.1 Å². The van der Waals surface area contributed by atoms with Crippen molar-refractivity contribution >= 4 is 5.97 Å². The first-order valence-electron chi connectivity index (χ1n) is 5.33. The first-order chi connectivity index (χ1) is 7.94. The zero-order valence-corrected chi connectivity index (χ0v) is 9.46. The third kappa shape index (κ3) is 4.50. The van der Waals surface area contributed by atoms with Gasteiger partial charge < -0.3 is 9.30 Å². The summed E-state index contributed by atoms with van der Waals surface area (Å²) in [4.78, 5) is 11.4. The van der Waals surface area contributed by atoms with Crippen molar-refractivity contribution in [3.63, 3.8) is 0 Å². The highest BCUT2D eigenvalue weighted by atomic mass is 19.4. The smallest absolute Gasteiger partial charge is 0.389 e. The number of carbonyl (C=O) groups is 1. The van der Waals surface area contributed by atoms with Crippen molar-refractivity contribution < 1.29 is 22.7 Å². The summed E-state index contributed by atoms with van der Waals surface area (Å²) in [6.45, 7) is 2.07. The molecule has 0 unspecified atom stereocenters. The zero-order chi connectivity index (χ0) is 12.9. The van der Waals surface area contributed by atoms with E-state index in [4.69, 9.17) is 4.74 Å². The molecule has 0 atom stereocenters. The summed E-state index contributed by atoms with van der Waals surface area (Å²) in [6, 6.07) is 3.14. The number of nitrogens with zero attached hydrogens (tertiary/aromatic N) is 1. The summed E-state index contributed by atoms with van der Waals surface area (Å²) >= 11 is 0. The first-order valence-corrected chi connectivity index (χ1v) is 5.33. The van der Waals surface area contributed by atoms with Crippen molar-refractivity contribution in [3.05, 3.63) is 24.0 Å². The topological polar surface area (TPSA) is 31.2 Å². The van der Waals surface area contributed by atoms with Crippen molar-refractivity contribution in [1.29, 1.82) is 0 Å². The molecule has 17 heavy (non-hydrogen) atoms. The highest BCUT2D eigenvalue weighted by Crippen LogP contribution is 2.22. The second kappa shape index (κ2) is 5.75. The van der Waals surface area contributed by atoms with E-state index in [1.165, 1.54) is 10.6 Å². The lowest BCUT2D eigenvalue weighted by Gasteiger charge is -2.09. The molecule has 1 aromatic heterocycles. The number of rotatable bonds is 5. The number of aryl methyl sites for hydroxylation is 1. The molecular weight excluding hydrogens is 235 g/mol. The maximum Gasteiger partial charge on any atom is 0.389 e. The molecule has 0 spiro atoms. The molecule has 3 nitrogen and oxygen atoms in total. The predicted molar refractivity (Wildman–Crippen MR) is 55.7 cm³/mol. The average molecular weight is 249 g/mol. The van der Waals surface area contributed by atoms with Gasteiger partial charge in [-0.05, 0) is 25.5 Å². The number of halogens is 3. The molecule has 0 bridgehead atoms. The zero-order valence-electron chi connectivity index (χ0n) is 9.46. The number of alkyl halides is 3. The fourth-order valence-electron chi connectivity index (χ4n) is 1.45. The Labute approximate surface area is 97.2 Å². The Kier molecular flexibility index (Phi) is 4.60. The van der Waals surface area contributed by atoms with Gasteiger partial charge in [-0.2, -0.15) is 13.2 Å². The van der Waals surface area contributed by atoms with Crippen LogP contribution in [0.4, 0.5) is 13.2 Å².